The number of carbonyl (C=O) groups is 2. The Bertz CT molecular complexity index is 783. The van der Waals surface area contributed by atoms with Crippen LogP contribution in [0.3, 0.4) is 0 Å². The number of methoxy groups -OCH3 is 1. The molecule has 2 aromatic rings. The van der Waals surface area contributed by atoms with E-state index in [4.69, 9.17) is 16.3 Å². The first-order chi connectivity index (χ1) is 12.9. The number of nitrogens with two attached hydrogens (primary N) is 1. The summed E-state index contributed by atoms with van der Waals surface area (Å²) in [5, 5.41) is 5.16. The van der Waals surface area contributed by atoms with Crippen molar-refractivity contribution < 1.29 is 19.6 Å². The second-order valence-electron chi connectivity index (χ2n) is 6.28. The zero-order chi connectivity index (χ0) is 19.8. The van der Waals surface area contributed by atoms with Gasteiger partial charge in [-0.2, -0.15) is 0 Å². The van der Waals surface area contributed by atoms with E-state index in [1.54, 1.807) is 25.2 Å². The summed E-state index contributed by atoms with van der Waals surface area (Å²) in [5.74, 6) is 0.0697. The molecule has 0 saturated heterocycles. The molecule has 0 radical (unpaired) electrons. The van der Waals surface area contributed by atoms with Gasteiger partial charge >= 0.3 is 0 Å². The first kappa shape index (κ1) is 20.7. The van der Waals surface area contributed by atoms with E-state index in [0.717, 1.165) is 5.56 Å². The van der Waals surface area contributed by atoms with Gasteiger partial charge in [-0.05, 0) is 25.1 Å². The zero-order valence-electron chi connectivity index (χ0n) is 15.7. The van der Waals surface area contributed by atoms with E-state index < -0.39 is 0 Å². The molecule has 0 unspecified atom stereocenters. The van der Waals surface area contributed by atoms with E-state index >= 15 is 0 Å². The monoisotopic (exact) mass is 390 g/mol. The maximum atomic E-state index is 12.3. The fourth-order valence-corrected chi connectivity index (χ4v) is 2.77. The highest BCUT2D eigenvalue weighted by atomic mass is 35.5. The van der Waals surface area contributed by atoms with Gasteiger partial charge in [-0.3, -0.25) is 9.59 Å². The van der Waals surface area contributed by atoms with Gasteiger partial charge in [0.05, 0.1) is 19.3 Å². The highest BCUT2D eigenvalue weighted by Crippen LogP contribution is 2.27. The van der Waals surface area contributed by atoms with Crippen LogP contribution in [0.1, 0.15) is 18.5 Å². The summed E-state index contributed by atoms with van der Waals surface area (Å²) >= 11 is 5.96. The molecule has 2 aromatic carbocycles. The number of nitrogens with zero attached hydrogens (tertiary/aromatic N) is 1. The number of likely N-dealkylation sites (N-methyl/N-ethyl adjacent to an activating group) is 1. The van der Waals surface area contributed by atoms with Crippen molar-refractivity contribution in [2.45, 2.75) is 13.0 Å². The Morgan fingerprint density at radius 3 is 2.59 bits per heavy atom. The minimum absolute atomic E-state index is 0.0535. The standard InChI is InChI=1S/C20H24ClN3O3/c1-14(15-7-5-4-6-8-15)22-12-20(26)24(2)13-19(25)23-17-11-16(21)9-10-18(17)27-3/h4-11,14,22H,12-13H2,1-3H3,(H,23,25)/p+1/t14-/m0/s1. The van der Waals surface area contributed by atoms with Gasteiger partial charge in [0.15, 0.2) is 6.54 Å². The Balaban J connectivity index is 1.85. The molecule has 3 N–H and O–H groups in total. The van der Waals surface area contributed by atoms with Crippen molar-refractivity contribution in [3.63, 3.8) is 0 Å². The van der Waals surface area contributed by atoms with Gasteiger partial charge in [-0.15, -0.1) is 0 Å². The second-order valence-corrected chi connectivity index (χ2v) is 6.72. The molecule has 0 spiro atoms. The average Bonchev–Trinajstić information content (AvgIpc) is 2.66. The molecule has 1 atom stereocenters. The Hall–Kier alpha value is -2.57. The molecule has 144 valence electrons. The molecule has 2 rings (SSSR count). The summed E-state index contributed by atoms with van der Waals surface area (Å²) in [7, 11) is 3.12. The lowest BCUT2D eigenvalue weighted by Crippen LogP contribution is -2.87. The summed E-state index contributed by atoms with van der Waals surface area (Å²) < 4.78 is 5.20. The molecule has 0 aliphatic carbocycles. The zero-order valence-corrected chi connectivity index (χ0v) is 16.5. The fourth-order valence-electron chi connectivity index (χ4n) is 2.60. The quantitative estimate of drug-likeness (QED) is 0.724. The van der Waals surface area contributed by atoms with Gasteiger partial charge in [0, 0.05) is 17.6 Å². The van der Waals surface area contributed by atoms with Crippen molar-refractivity contribution in [3.05, 3.63) is 59.1 Å². The molecule has 0 heterocycles. The summed E-state index contributed by atoms with van der Waals surface area (Å²) in [6.45, 7) is 2.25. The van der Waals surface area contributed by atoms with Gasteiger partial charge in [0.2, 0.25) is 5.91 Å². The summed E-state index contributed by atoms with van der Waals surface area (Å²) in [5.41, 5.74) is 1.62. The molecule has 0 saturated carbocycles. The van der Waals surface area contributed by atoms with Gasteiger partial charge in [0.25, 0.3) is 5.91 Å². The Morgan fingerprint density at radius 2 is 1.93 bits per heavy atom. The lowest BCUT2D eigenvalue weighted by atomic mass is 10.1. The Labute approximate surface area is 164 Å². The first-order valence-electron chi connectivity index (χ1n) is 8.66. The van der Waals surface area contributed by atoms with Crippen molar-refractivity contribution in [1.29, 1.82) is 0 Å². The number of carbonyl (C=O) groups excluding carboxylic acids is 2. The van der Waals surface area contributed by atoms with Crippen LogP contribution in [-0.2, 0) is 9.59 Å². The second kappa shape index (κ2) is 9.94. The van der Waals surface area contributed by atoms with Crippen molar-refractivity contribution in [1.82, 2.24) is 4.90 Å². The molecule has 7 heteroatoms. The number of hydrogen-bond acceptors (Lipinski definition) is 3. The number of amides is 2. The third-order valence-electron chi connectivity index (χ3n) is 4.21. The van der Waals surface area contributed by atoms with E-state index in [1.807, 2.05) is 42.6 Å². The van der Waals surface area contributed by atoms with Crippen molar-refractivity contribution in [3.8, 4) is 5.75 Å². The van der Waals surface area contributed by atoms with Crippen LogP contribution in [0.4, 0.5) is 5.69 Å². The lowest BCUT2D eigenvalue weighted by Gasteiger charge is -2.18. The molecular weight excluding hydrogens is 366 g/mol. The Morgan fingerprint density at radius 1 is 1.22 bits per heavy atom. The maximum absolute atomic E-state index is 12.3. The predicted molar refractivity (Wildman–Crippen MR) is 106 cm³/mol. The highest BCUT2D eigenvalue weighted by molar-refractivity contribution is 6.31. The number of rotatable bonds is 8. The topological polar surface area (TPSA) is 75.2 Å². The van der Waals surface area contributed by atoms with E-state index in [1.165, 1.54) is 12.0 Å². The van der Waals surface area contributed by atoms with Crippen LogP contribution < -0.4 is 15.4 Å². The van der Waals surface area contributed by atoms with Crippen LogP contribution in [0, 0.1) is 0 Å². The van der Waals surface area contributed by atoms with Crippen molar-refractivity contribution in [2.75, 3.05) is 32.6 Å². The van der Waals surface area contributed by atoms with Crippen molar-refractivity contribution in [2.24, 2.45) is 0 Å². The van der Waals surface area contributed by atoms with Gasteiger partial charge in [0.1, 0.15) is 11.8 Å². The number of benzene rings is 2. The molecule has 0 aromatic heterocycles. The van der Waals surface area contributed by atoms with Crippen LogP contribution in [0.25, 0.3) is 0 Å². The first-order valence-corrected chi connectivity index (χ1v) is 9.04. The third-order valence-corrected chi connectivity index (χ3v) is 4.45. The molecule has 0 aliphatic heterocycles. The SMILES string of the molecule is COc1ccc(Cl)cc1NC(=O)CN(C)C(=O)C[NH2+][C@@H](C)c1ccccc1. The predicted octanol–water partition coefficient (Wildman–Crippen LogP) is 2.07. The molecule has 27 heavy (non-hydrogen) atoms. The van der Waals surface area contributed by atoms with Gasteiger partial charge in [-0.25, -0.2) is 0 Å². The number of quaternary nitrogens is 1. The summed E-state index contributed by atoms with van der Waals surface area (Å²) in [6.07, 6.45) is 0. The molecule has 0 bridgehead atoms. The number of nitrogens with one attached hydrogen (secondary N) is 1. The van der Waals surface area contributed by atoms with Crippen LogP contribution in [0.2, 0.25) is 5.02 Å². The molecule has 2 amide bonds. The molecular formula is C20H25ClN3O3+. The van der Waals surface area contributed by atoms with Crippen molar-refractivity contribution >= 4 is 29.1 Å². The van der Waals surface area contributed by atoms with Crippen LogP contribution in [0.5, 0.6) is 5.75 Å². The number of hydrogen-bond donors (Lipinski definition) is 2. The van der Waals surface area contributed by atoms with E-state index in [2.05, 4.69) is 5.32 Å². The van der Waals surface area contributed by atoms with E-state index in [-0.39, 0.29) is 30.9 Å². The molecule has 0 aliphatic rings. The summed E-state index contributed by atoms with van der Waals surface area (Å²) in [6, 6.07) is 15.1. The Kier molecular flexibility index (Phi) is 7.64. The van der Waals surface area contributed by atoms with Crippen LogP contribution in [-0.4, -0.2) is 44.0 Å². The number of anilines is 1. The lowest BCUT2D eigenvalue weighted by molar-refractivity contribution is -0.683. The maximum Gasteiger partial charge on any atom is 0.277 e. The molecule has 0 fully saturated rings. The molecule has 6 nitrogen and oxygen atoms in total. The smallest absolute Gasteiger partial charge is 0.277 e. The average molecular weight is 391 g/mol. The minimum atomic E-state index is -0.317. The van der Waals surface area contributed by atoms with E-state index in [9.17, 15) is 9.59 Å². The van der Waals surface area contributed by atoms with Gasteiger partial charge < -0.3 is 20.3 Å². The van der Waals surface area contributed by atoms with Crippen LogP contribution >= 0.6 is 11.6 Å². The largest absolute Gasteiger partial charge is 0.495 e. The number of ether oxygens (including phenoxy) is 1. The van der Waals surface area contributed by atoms with Gasteiger partial charge in [-0.1, -0.05) is 41.9 Å². The minimum Gasteiger partial charge on any atom is -0.495 e. The third kappa shape index (κ3) is 6.27. The van der Waals surface area contributed by atoms with Crippen LogP contribution in [0.15, 0.2) is 48.5 Å². The normalized spacial score (nSPS) is 11.6. The summed E-state index contributed by atoms with van der Waals surface area (Å²) in [4.78, 5) is 26.0. The van der Waals surface area contributed by atoms with E-state index in [0.29, 0.717) is 16.5 Å². The number of halogens is 1. The fraction of sp³-hybridized carbons (Fsp3) is 0.300. The highest BCUT2D eigenvalue weighted by Gasteiger charge is 2.17.